The van der Waals surface area contributed by atoms with Gasteiger partial charge in [-0.25, -0.2) is 0 Å². The maximum Gasteiger partial charge on any atom is 0.236 e. The van der Waals surface area contributed by atoms with Crippen LogP contribution in [0.2, 0.25) is 0 Å². The molecule has 27 heavy (non-hydrogen) atoms. The highest BCUT2D eigenvalue weighted by atomic mass is 79.9. The fourth-order valence-corrected chi connectivity index (χ4v) is 4.48. The topological polar surface area (TPSA) is 42.0 Å². The molecular formula is C21H35BrN2O3. The van der Waals surface area contributed by atoms with Gasteiger partial charge in [0.05, 0.1) is 25.6 Å². The van der Waals surface area contributed by atoms with Crippen LogP contribution in [0.5, 0.6) is 0 Å². The molecule has 5 nitrogen and oxygen atoms in total. The number of methoxy groups -OCH3 is 2. The smallest absolute Gasteiger partial charge is 0.236 e. The SMILES string of the molecule is COC1=CC2(C=C(OC)C1CCCCCBr)CCN(CCCN(C)C)C2=O. The minimum atomic E-state index is -0.596. The number of hydrogen-bond acceptors (Lipinski definition) is 4. The average Bonchev–Trinajstić information content (AvgIpc) is 2.94. The zero-order valence-corrected chi connectivity index (χ0v) is 18.9. The summed E-state index contributed by atoms with van der Waals surface area (Å²) < 4.78 is 11.5. The van der Waals surface area contributed by atoms with Crippen LogP contribution in [-0.4, -0.2) is 69.0 Å². The predicted octanol–water partition coefficient (Wildman–Crippen LogP) is 3.80. The number of carbonyl (C=O) groups excluding carboxylic acids is 1. The van der Waals surface area contributed by atoms with E-state index in [1.54, 1.807) is 14.2 Å². The van der Waals surface area contributed by atoms with Gasteiger partial charge in [-0.3, -0.25) is 4.79 Å². The Morgan fingerprint density at radius 2 is 1.81 bits per heavy atom. The van der Waals surface area contributed by atoms with Gasteiger partial charge in [-0.05, 0) is 58.5 Å². The second-order valence-electron chi connectivity index (χ2n) is 7.83. The maximum atomic E-state index is 13.2. The molecule has 0 unspecified atom stereocenters. The fraction of sp³-hybridized carbons (Fsp3) is 0.762. The molecule has 0 aromatic heterocycles. The summed E-state index contributed by atoms with van der Waals surface area (Å²) >= 11 is 3.49. The van der Waals surface area contributed by atoms with Crippen molar-refractivity contribution in [3.05, 3.63) is 23.7 Å². The van der Waals surface area contributed by atoms with Crippen LogP contribution in [0.3, 0.4) is 0 Å². The van der Waals surface area contributed by atoms with E-state index in [1.165, 1.54) is 12.8 Å². The van der Waals surface area contributed by atoms with E-state index < -0.39 is 5.41 Å². The van der Waals surface area contributed by atoms with Gasteiger partial charge in [0, 0.05) is 18.4 Å². The molecule has 1 amide bonds. The van der Waals surface area contributed by atoms with Crippen molar-refractivity contribution in [1.82, 2.24) is 9.80 Å². The fourth-order valence-electron chi connectivity index (χ4n) is 4.08. The summed E-state index contributed by atoms with van der Waals surface area (Å²) in [7, 11) is 7.54. The molecule has 1 heterocycles. The van der Waals surface area contributed by atoms with E-state index in [0.717, 1.165) is 62.2 Å². The number of unbranched alkanes of at least 4 members (excludes halogenated alkanes) is 2. The van der Waals surface area contributed by atoms with Crippen molar-refractivity contribution in [3.8, 4) is 0 Å². The van der Waals surface area contributed by atoms with Crippen molar-refractivity contribution >= 4 is 21.8 Å². The summed E-state index contributed by atoms with van der Waals surface area (Å²) in [4.78, 5) is 17.3. The number of amides is 1. The lowest BCUT2D eigenvalue weighted by Crippen LogP contribution is -2.36. The molecule has 1 aliphatic carbocycles. The Morgan fingerprint density at radius 1 is 1.15 bits per heavy atom. The number of hydrogen-bond donors (Lipinski definition) is 0. The lowest BCUT2D eigenvalue weighted by molar-refractivity contribution is -0.132. The van der Waals surface area contributed by atoms with Crippen molar-refractivity contribution in [3.63, 3.8) is 0 Å². The van der Waals surface area contributed by atoms with Crippen LogP contribution >= 0.6 is 15.9 Å². The predicted molar refractivity (Wildman–Crippen MR) is 113 cm³/mol. The Hall–Kier alpha value is -1.01. The third-order valence-electron chi connectivity index (χ3n) is 5.60. The molecule has 2 aliphatic rings. The van der Waals surface area contributed by atoms with Gasteiger partial charge >= 0.3 is 0 Å². The van der Waals surface area contributed by atoms with Crippen LogP contribution in [0, 0.1) is 11.3 Å². The van der Waals surface area contributed by atoms with E-state index in [2.05, 4.69) is 47.1 Å². The van der Waals surface area contributed by atoms with Gasteiger partial charge in [-0.15, -0.1) is 0 Å². The van der Waals surface area contributed by atoms with Crippen LogP contribution in [0.25, 0.3) is 0 Å². The van der Waals surface area contributed by atoms with Crippen LogP contribution in [0.1, 0.15) is 38.5 Å². The number of likely N-dealkylation sites (tertiary alicyclic amines) is 1. The first-order valence-corrected chi connectivity index (χ1v) is 11.1. The molecule has 0 aromatic rings. The van der Waals surface area contributed by atoms with E-state index in [1.807, 2.05) is 4.90 Å². The number of rotatable bonds is 11. The first kappa shape index (κ1) is 22.3. The first-order valence-electron chi connectivity index (χ1n) is 10.0. The minimum absolute atomic E-state index is 0.122. The molecule has 1 spiro atoms. The third-order valence-corrected chi connectivity index (χ3v) is 6.16. The van der Waals surface area contributed by atoms with Gasteiger partial charge in [0.25, 0.3) is 0 Å². The highest BCUT2D eigenvalue weighted by Crippen LogP contribution is 2.44. The summed E-state index contributed by atoms with van der Waals surface area (Å²) in [6.07, 6.45) is 10.4. The van der Waals surface area contributed by atoms with E-state index >= 15 is 0 Å². The summed E-state index contributed by atoms with van der Waals surface area (Å²) in [5.41, 5.74) is -0.596. The summed E-state index contributed by atoms with van der Waals surface area (Å²) in [5, 5.41) is 1.04. The van der Waals surface area contributed by atoms with Crippen LogP contribution in [0.15, 0.2) is 23.7 Å². The Kier molecular flexibility index (Phi) is 8.67. The zero-order valence-electron chi connectivity index (χ0n) is 17.3. The van der Waals surface area contributed by atoms with Gasteiger partial charge in [0.15, 0.2) is 0 Å². The second-order valence-corrected chi connectivity index (χ2v) is 8.62. The molecule has 0 radical (unpaired) electrons. The summed E-state index contributed by atoms with van der Waals surface area (Å²) in [6, 6.07) is 0. The minimum Gasteiger partial charge on any atom is -0.501 e. The van der Waals surface area contributed by atoms with Crippen molar-refractivity contribution in [2.75, 3.05) is 53.3 Å². The molecule has 0 atom stereocenters. The molecule has 1 fully saturated rings. The highest BCUT2D eigenvalue weighted by Gasteiger charge is 2.47. The Balaban J connectivity index is 2.11. The molecule has 0 saturated carbocycles. The van der Waals surface area contributed by atoms with E-state index in [-0.39, 0.29) is 11.8 Å². The lowest BCUT2D eigenvalue weighted by Gasteiger charge is -2.32. The lowest BCUT2D eigenvalue weighted by atomic mass is 9.77. The number of alkyl halides is 1. The Morgan fingerprint density at radius 3 is 2.37 bits per heavy atom. The molecule has 1 saturated heterocycles. The molecule has 0 bridgehead atoms. The monoisotopic (exact) mass is 442 g/mol. The van der Waals surface area contributed by atoms with E-state index in [4.69, 9.17) is 9.47 Å². The van der Waals surface area contributed by atoms with Gasteiger partial charge < -0.3 is 19.3 Å². The van der Waals surface area contributed by atoms with Crippen LogP contribution < -0.4 is 0 Å². The number of carbonyl (C=O) groups is 1. The summed E-state index contributed by atoms with van der Waals surface area (Å²) in [6.45, 7) is 2.59. The number of nitrogens with zero attached hydrogens (tertiary/aromatic N) is 2. The normalized spacial score (nSPS) is 25.2. The molecule has 0 N–H and O–H groups in total. The van der Waals surface area contributed by atoms with E-state index in [9.17, 15) is 4.79 Å². The number of ether oxygens (including phenoxy) is 2. The van der Waals surface area contributed by atoms with Crippen LogP contribution in [-0.2, 0) is 14.3 Å². The van der Waals surface area contributed by atoms with Crippen molar-refractivity contribution in [2.24, 2.45) is 11.3 Å². The van der Waals surface area contributed by atoms with Gasteiger partial charge in [-0.1, -0.05) is 28.8 Å². The quantitative estimate of drug-likeness (QED) is 0.360. The zero-order chi connectivity index (χ0) is 19.9. The average molecular weight is 443 g/mol. The Bertz CT molecular complexity index is 538. The van der Waals surface area contributed by atoms with Gasteiger partial charge in [-0.2, -0.15) is 0 Å². The van der Waals surface area contributed by atoms with Gasteiger partial charge in [0.2, 0.25) is 5.91 Å². The standard InChI is InChI=1S/C21H35BrN2O3/c1-23(2)12-8-13-24-14-10-21(20(24)25)15-18(26-3)17(19(16-21)27-4)9-6-5-7-11-22/h15-17H,5-14H2,1-4H3. The van der Waals surface area contributed by atoms with Crippen LogP contribution in [0.4, 0.5) is 0 Å². The second kappa shape index (κ2) is 10.5. The highest BCUT2D eigenvalue weighted by molar-refractivity contribution is 9.09. The molecule has 2 rings (SSSR count). The molecule has 154 valence electrons. The maximum absolute atomic E-state index is 13.2. The molecule has 0 aromatic carbocycles. The molecule has 6 heteroatoms. The largest absolute Gasteiger partial charge is 0.501 e. The van der Waals surface area contributed by atoms with Gasteiger partial charge in [0.1, 0.15) is 11.5 Å². The molecular weight excluding hydrogens is 408 g/mol. The summed E-state index contributed by atoms with van der Waals surface area (Å²) in [5.74, 6) is 2.08. The van der Waals surface area contributed by atoms with Crippen molar-refractivity contribution in [2.45, 2.75) is 38.5 Å². The number of halogens is 1. The van der Waals surface area contributed by atoms with E-state index in [0.29, 0.717) is 0 Å². The molecule has 1 aliphatic heterocycles. The Labute approximate surface area is 172 Å². The van der Waals surface area contributed by atoms with Crippen molar-refractivity contribution < 1.29 is 14.3 Å². The first-order chi connectivity index (χ1) is 13.0. The van der Waals surface area contributed by atoms with Crippen molar-refractivity contribution in [1.29, 1.82) is 0 Å². The third kappa shape index (κ3) is 5.50.